The second-order valence-electron chi connectivity index (χ2n) is 5.58. The molecule has 1 aliphatic carbocycles. The Balaban J connectivity index is 2.75. The van der Waals surface area contributed by atoms with Crippen LogP contribution in [0.5, 0.6) is 0 Å². The molecule has 0 aromatic rings. The minimum Gasteiger partial charge on any atom is -0.340 e. The summed E-state index contributed by atoms with van der Waals surface area (Å²) >= 11 is 0. The monoisotopic (exact) mass is 261 g/mol. The smallest absolute Gasteiger partial charge is 0.340 e. The molecule has 1 amide bonds. The highest BCUT2D eigenvalue weighted by atomic mass is 19.4. The number of carbonyl (C=O) groups excluding carboxylic acids is 1. The molecule has 1 rings (SSSR count). The predicted octanol–water partition coefficient (Wildman–Crippen LogP) is 2.88. The van der Waals surface area contributed by atoms with Crippen LogP contribution in [0.2, 0.25) is 0 Å². The fourth-order valence-corrected chi connectivity index (χ4v) is 1.52. The fraction of sp³-hybridized carbons (Fsp3) is 0.769. The van der Waals surface area contributed by atoms with E-state index in [1.165, 1.54) is 0 Å². The zero-order chi connectivity index (χ0) is 14.2. The molecule has 0 aromatic heterocycles. The van der Waals surface area contributed by atoms with E-state index < -0.39 is 23.0 Å². The lowest BCUT2D eigenvalue weighted by atomic mass is 10.00. The van der Waals surface area contributed by atoms with Gasteiger partial charge in [-0.05, 0) is 26.7 Å². The Bertz CT molecular complexity index is 395. The number of alkyl halides is 3. The lowest BCUT2D eigenvalue weighted by Gasteiger charge is -2.25. The van der Waals surface area contributed by atoms with Crippen LogP contribution in [0.1, 0.15) is 40.5 Å². The molecule has 5 heteroatoms. The van der Waals surface area contributed by atoms with E-state index in [0.29, 0.717) is 0 Å². The third-order valence-corrected chi connectivity index (χ3v) is 2.83. The SMILES string of the molecule is CC(C)C#CC(C)(C)NC(=O)C1(C(F)(F)F)CC1. The lowest BCUT2D eigenvalue weighted by molar-refractivity contribution is -0.192. The zero-order valence-electron chi connectivity index (χ0n) is 11.0. The van der Waals surface area contributed by atoms with Crippen LogP contribution >= 0.6 is 0 Å². The van der Waals surface area contributed by atoms with E-state index in [1.54, 1.807) is 13.8 Å². The number of rotatable bonds is 2. The molecule has 0 saturated heterocycles. The Morgan fingerprint density at radius 2 is 1.78 bits per heavy atom. The second-order valence-corrected chi connectivity index (χ2v) is 5.58. The van der Waals surface area contributed by atoms with Gasteiger partial charge in [-0.2, -0.15) is 13.2 Å². The molecule has 0 unspecified atom stereocenters. The molecule has 1 N–H and O–H groups in total. The summed E-state index contributed by atoms with van der Waals surface area (Å²) in [5.74, 6) is 4.80. The minimum absolute atomic E-state index is 0.110. The van der Waals surface area contributed by atoms with Crippen molar-refractivity contribution in [2.45, 2.75) is 52.3 Å². The molecule has 2 nitrogen and oxygen atoms in total. The van der Waals surface area contributed by atoms with E-state index in [0.717, 1.165) is 0 Å². The van der Waals surface area contributed by atoms with Crippen molar-refractivity contribution in [3.63, 3.8) is 0 Å². The first-order valence-electron chi connectivity index (χ1n) is 5.92. The summed E-state index contributed by atoms with van der Waals surface area (Å²) in [6.07, 6.45) is -4.73. The van der Waals surface area contributed by atoms with Gasteiger partial charge in [-0.15, -0.1) is 0 Å². The van der Waals surface area contributed by atoms with Gasteiger partial charge in [0.15, 0.2) is 0 Å². The molecule has 1 saturated carbocycles. The first-order chi connectivity index (χ1) is 8.00. The number of nitrogens with one attached hydrogen (secondary N) is 1. The Morgan fingerprint density at radius 1 is 1.28 bits per heavy atom. The summed E-state index contributed by atoms with van der Waals surface area (Å²) in [7, 11) is 0. The van der Waals surface area contributed by atoms with Crippen molar-refractivity contribution in [1.82, 2.24) is 5.32 Å². The number of halogens is 3. The van der Waals surface area contributed by atoms with Crippen LogP contribution in [-0.2, 0) is 4.79 Å². The van der Waals surface area contributed by atoms with Gasteiger partial charge in [0.25, 0.3) is 0 Å². The first kappa shape index (κ1) is 14.9. The highest BCUT2D eigenvalue weighted by molar-refractivity contribution is 5.87. The molecule has 0 bridgehead atoms. The maximum Gasteiger partial charge on any atom is 0.403 e. The molecule has 0 aromatic carbocycles. The molecule has 102 valence electrons. The van der Waals surface area contributed by atoms with Crippen molar-refractivity contribution >= 4 is 5.91 Å². The normalized spacial score (nSPS) is 18.0. The number of hydrogen-bond acceptors (Lipinski definition) is 1. The van der Waals surface area contributed by atoms with Crippen LogP contribution in [-0.4, -0.2) is 17.6 Å². The van der Waals surface area contributed by atoms with Crippen molar-refractivity contribution in [2.24, 2.45) is 11.3 Å². The highest BCUT2D eigenvalue weighted by Crippen LogP contribution is 2.57. The molecular formula is C13H18F3NO. The molecule has 1 aliphatic rings. The van der Waals surface area contributed by atoms with Gasteiger partial charge < -0.3 is 5.32 Å². The maximum atomic E-state index is 12.7. The number of carbonyl (C=O) groups is 1. The predicted molar refractivity (Wildman–Crippen MR) is 62.6 cm³/mol. The van der Waals surface area contributed by atoms with E-state index >= 15 is 0 Å². The first-order valence-corrected chi connectivity index (χ1v) is 5.92. The third-order valence-electron chi connectivity index (χ3n) is 2.83. The van der Waals surface area contributed by atoms with Gasteiger partial charge in [0, 0.05) is 5.92 Å². The second kappa shape index (κ2) is 4.49. The highest BCUT2D eigenvalue weighted by Gasteiger charge is 2.68. The molecule has 0 atom stereocenters. The van der Waals surface area contributed by atoms with Gasteiger partial charge in [-0.3, -0.25) is 4.79 Å². The summed E-state index contributed by atoms with van der Waals surface area (Å²) in [5.41, 5.74) is -3.12. The minimum atomic E-state index is -4.47. The number of hydrogen-bond donors (Lipinski definition) is 1. The molecule has 0 heterocycles. The summed E-state index contributed by atoms with van der Waals surface area (Å²) in [5, 5.41) is 2.39. The van der Waals surface area contributed by atoms with Crippen LogP contribution in [0.15, 0.2) is 0 Å². The number of amides is 1. The van der Waals surface area contributed by atoms with Gasteiger partial charge in [0.2, 0.25) is 5.91 Å². The average Bonchev–Trinajstić information content (AvgIpc) is 2.93. The van der Waals surface area contributed by atoms with Crippen LogP contribution in [0.4, 0.5) is 13.2 Å². The lowest BCUT2D eigenvalue weighted by Crippen LogP contribution is -2.49. The van der Waals surface area contributed by atoms with E-state index in [-0.39, 0.29) is 18.8 Å². The van der Waals surface area contributed by atoms with E-state index in [4.69, 9.17) is 0 Å². The van der Waals surface area contributed by atoms with Gasteiger partial charge in [0.1, 0.15) is 5.41 Å². The van der Waals surface area contributed by atoms with Crippen molar-refractivity contribution in [3.8, 4) is 11.8 Å². The van der Waals surface area contributed by atoms with E-state index in [2.05, 4.69) is 17.2 Å². The molecule has 0 spiro atoms. The topological polar surface area (TPSA) is 29.1 Å². The molecule has 18 heavy (non-hydrogen) atoms. The quantitative estimate of drug-likeness (QED) is 0.761. The van der Waals surface area contributed by atoms with Crippen LogP contribution in [0, 0.1) is 23.2 Å². The maximum absolute atomic E-state index is 12.7. The summed E-state index contributed by atoms with van der Waals surface area (Å²) in [6.45, 7) is 6.96. The Hall–Kier alpha value is -1.18. The van der Waals surface area contributed by atoms with Crippen LogP contribution in [0.3, 0.4) is 0 Å². The third kappa shape index (κ3) is 3.18. The van der Waals surface area contributed by atoms with Crippen LogP contribution in [0.25, 0.3) is 0 Å². The Labute approximate surface area is 105 Å². The van der Waals surface area contributed by atoms with Crippen molar-refractivity contribution in [1.29, 1.82) is 0 Å². The molecular weight excluding hydrogens is 243 g/mol. The van der Waals surface area contributed by atoms with Gasteiger partial charge in [-0.1, -0.05) is 25.7 Å². The zero-order valence-corrected chi connectivity index (χ0v) is 11.0. The van der Waals surface area contributed by atoms with Gasteiger partial charge in [0.05, 0.1) is 5.54 Å². The summed E-state index contributed by atoms with van der Waals surface area (Å²) in [4.78, 5) is 11.7. The average molecular weight is 261 g/mol. The largest absolute Gasteiger partial charge is 0.403 e. The van der Waals surface area contributed by atoms with Crippen LogP contribution < -0.4 is 5.32 Å². The van der Waals surface area contributed by atoms with Crippen molar-refractivity contribution in [2.75, 3.05) is 0 Å². The van der Waals surface area contributed by atoms with E-state index in [1.807, 2.05) is 13.8 Å². The van der Waals surface area contributed by atoms with Gasteiger partial charge in [-0.25, -0.2) is 0 Å². The van der Waals surface area contributed by atoms with Crippen molar-refractivity contribution in [3.05, 3.63) is 0 Å². The summed E-state index contributed by atoms with van der Waals surface area (Å²) in [6, 6.07) is 0. The van der Waals surface area contributed by atoms with Gasteiger partial charge >= 0.3 is 6.18 Å². The molecule has 0 radical (unpaired) electrons. The molecule has 1 fully saturated rings. The summed E-state index contributed by atoms with van der Waals surface area (Å²) < 4.78 is 38.2. The van der Waals surface area contributed by atoms with Crippen molar-refractivity contribution < 1.29 is 18.0 Å². The standard InChI is InChI=1S/C13H18F3NO/c1-9(2)5-6-11(3,4)17-10(18)12(7-8-12)13(14,15)16/h9H,7-8H2,1-4H3,(H,17,18). The Kier molecular flexibility index (Phi) is 3.71. The Morgan fingerprint density at radius 3 is 2.11 bits per heavy atom. The molecule has 0 aliphatic heterocycles. The fourth-order valence-electron chi connectivity index (χ4n) is 1.52. The van der Waals surface area contributed by atoms with E-state index in [9.17, 15) is 18.0 Å².